The Labute approximate surface area is 84.5 Å². The molecule has 0 aliphatic rings. The fourth-order valence-corrected chi connectivity index (χ4v) is 0.420. The van der Waals surface area contributed by atoms with Crippen LogP contribution >= 0.6 is 0 Å². The van der Waals surface area contributed by atoms with E-state index in [0.717, 1.165) is 0 Å². The molecule has 1 aromatic rings. The fraction of sp³-hybridized carbons (Fsp3) is 0. The van der Waals surface area contributed by atoms with Crippen LogP contribution in [0.15, 0.2) is 30.3 Å². The predicted molar refractivity (Wildman–Crippen MR) is 36.9 cm³/mol. The van der Waals surface area contributed by atoms with E-state index in [4.69, 9.17) is 0 Å². The van der Waals surface area contributed by atoms with E-state index in [1.807, 2.05) is 6.07 Å². The maximum absolute atomic E-state index is 10.3. The van der Waals surface area contributed by atoms with Gasteiger partial charge in [0.2, 0.25) is 0 Å². The van der Waals surface area contributed by atoms with Gasteiger partial charge in [-0.25, -0.2) is 0 Å². The Morgan fingerprint density at radius 3 is 1.67 bits per heavy atom. The Balaban J connectivity index is 0. The van der Waals surface area contributed by atoms with Crippen LogP contribution in [0.25, 0.3) is 6.15 Å². The van der Waals surface area contributed by atoms with Crippen molar-refractivity contribution >= 4 is 37.7 Å². The van der Waals surface area contributed by atoms with Gasteiger partial charge in [-0.1, -0.05) is 30.3 Å². The van der Waals surface area contributed by atoms with Gasteiger partial charge in [0.05, 0.1) is 0 Å². The second-order valence-corrected chi connectivity index (χ2v) is 1.31. The summed E-state index contributed by atoms with van der Waals surface area (Å²) in [5, 5.41) is 10.3. The molecule has 0 fully saturated rings. The van der Waals surface area contributed by atoms with Crippen LogP contribution in [0.3, 0.4) is 0 Å². The van der Waals surface area contributed by atoms with E-state index in [9.17, 15) is 5.11 Å². The molecule has 0 bridgehead atoms. The summed E-state index contributed by atoms with van der Waals surface area (Å²) in [6.45, 7) is 0. The molecule has 0 aliphatic heterocycles. The summed E-state index contributed by atoms with van der Waals surface area (Å²) >= 11 is 0. The zero-order valence-corrected chi connectivity index (χ0v) is 7.29. The fourth-order valence-electron chi connectivity index (χ4n) is 0.420. The maximum atomic E-state index is 10.3. The number of para-hydroxylation sites is 1. The van der Waals surface area contributed by atoms with Crippen molar-refractivity contribution in [2.75, 3.05) is 0 Å². The Kier molecular flexibility index (Phi) is 8.46. The molecule has 0 heterocycles. The van der Waals surface area contributed by atoms with Crippen LogP contribution in [0.4, 0.5) is 0 Å². The summed E-state index contributed by atoms with van der Waals surface area (Å²) in [6, 6.07) is 8.33. The van der Waals surface area contributed by atoms with Crippen LogP contribution in [0.1, 0.15) is 0 Å². The first kappa shape index (κ1) is 12.0. The van der Waals surface area contributed by atoms with E-state index >= 15 is 0 Å². The van der Waals surface area contributed by atoms with Crippen molar-refractivity contribution in [1.82, 2.24) is 0 Å². The molecule has 0 saturated heterocycles. The minimum atomic E-state index is 0. The molecule has 0 unspecified atom stereocenters. The van der Waals surface area contributed by atoms with E-state index < -0.39 is 0 Å². The monoisotopic (exact) mass is 149 g/mol. The molecule has 2 N–H and O–H groups in total. The van der Waals surface area contributed by atoms with Gasteiger partial charge in [-0.05, 0) is 0 Å². The first-order chi connectivity index (χ1) is 3.39. The van der Waals surface area contributed by atoms with Crippen LogP contribution in [-0.2, 0) is 0 Å². The molecule has 44 valence electrons. The van der Waals surface area contributed by atoms with Crippen molar-refractivity contribution in [3.05, 3.63) is 36.5 Å². The third kappa shape index (κ3) is 4.73. The quantitative estimate of drug-likeness (QED) is 0.509. The Hall–Kier alpha value is 0.240. The van der Waals surface area contributed by atoms with Crippen molar-refractivity contribution in [3.8, 4) is 5.75 Å². The summed E-state index contributed by atoms with van der Waals surface area (Å²) in [5.74, 6) is 0.0718. The third-order valence-corrected chi connectivity index (χ3v) is 0.743. The zero-order chi connectivity index (χ0) is 5.11. The minimum absolute atomic E-state index is 0. The number of hydrogen-bond acceptors (Lipinski definition) is 1. The average Bonchev–Trinajstić information content (AvgIpc) is 1.69. The molecule has 9 heavy (non-hydrogen) atoms. The van der Waals surface area contributed by atoms with E-state index in [2.05, 4.69) is 0 Å². The molecular formula is C6H7CaNO. The molecule has 0 radical (unpaired) electrons. The van der Waals surface area contributed by atoms with Crippen LogP contribution in [0.5, 0.6) is 5.75 Å². The normalized spacial score (nSPS) is 6.67. The van der Waals surface area contributed by atoms with Crippen molar-refractivity contribution in [2.24, 2.45) is 0 Å². The first-order valence-corrected chi connectivity index (χ1v) is 2.11. The largest absolute Gasteiger partial charge is 2.00 e. The molecule has 1 rings (SSSR count). The summed E-state index contributed by atoms with van der Waals surface area (Å²) in [4.78, 5) is 0. The summed E-state index contributed by atoms with van der Waals surface area (Å²) in [6.07, 6.45) is 0. The summed E-state index contributed by atoms with van der Waals surface area (Å²) in [7, 11) is 0. The summed E-state index contributed by atoms with van der Waals surface area (Å²) < 4.78 is 0. The predicted octanol–water partition coefficient (Wildman–Crippen LogP) is 1.10. The molecule has 2 nitrogen and oxygen atoms in total. The third-order valence-electron chi connectivity index (χ3n) is 0.743. The van der Waals surface area contributed by atoms with E-state index in [1.165, 1.54) is 12.1 Å². The van der Waals surface area contributed by atoms with Gasteiger partial charge >= 0.3 is 37.7 Å². The smallest absolute Gasteiger partial charge is 0.872 e. The Morgan fingerprint density at radius 2 is 1.44 bits per heavy atom. The first-order valence-electron chi connectivity index (χ1n) is 2.11. The van der Waals surface area contributed by atoms with Crippen molar-refractivity contribution in [1.29, 1.82) is 0 Å². The van der Waals surface area contributed by atoms with E-state index in [-0.39, 0.29) is 49.6 Å². The van der Waals surface area contributed by atoms with Gasteiger partial charge in [0.25, 0.3) is 0 Å². The molecule has 0 spiro atoms. The maximum Gasteiger partial charge on any atom is 2.00 e. The van der Waals surface area contributed by atoms with Crippen molar-refractivity contribution in [2.45, 2.75) is 0 Å². The topological polar surface area (TPSA) is 56.6 Å². The molecule has 3 heteroatoms. The Bertz CT molecular complexity index is 143. The molecule has 0 aromatic heterocycles. The second-order valence-electron chi connectivity index (χ2n) is 1.31. The van der Waals surface area contributed by atoms with Gasteiger partial charge in [0, 0.05) is 0 Å². The number of nitrogens with two attached hydrogens (primary N) is 1. The molecule has 0 atom stereocenters. The van der Waals surface area contributed by atoms with Gasteiger partial charge in [0.15, 0.2) is 0 Å². The van der Waals surface area contributed by atoms with Crippen LogP contribution in [0, 0.1) is 0 Å². The van der Waals surface area contributed by atoms with E-state index in [1.54, 1.807) is 12.1 Å². The summed E-state index contributed by atoms with van der Waals surface area (Å²) in [5.41, 5.74) is 0. The van der Waals surface area contributed by atoms with E-state index in [0.29, 0.717) is 0 Å². The Morgan fingerprint density at radius 1 is 1.00 bits per heavy atom. The standard InChI is InChI=1S/C6H6O.Ca.H2N/c7-6-4-2-1-3-5-6;;/h1-5,7H;;1H2/q;+2;-1/p-1. The average molecular weight is 149 g/mol. The van der Waals surface area contributed by atoms with Crippen molar-refractivity contribution < 1.29 is 5.11 Å². The van der Waals surface area contributed by atoms with Gasteiger partial charge in [-0.2, -0.15) is 0 Å². The number of rotatable bonds is 0. The van der Waals surface area contributed by atoms with Crippen molar-refractivity contribution in [3.63, 3.8) is 0 Å². The molecule has 0 aliphatic carbocycles. The number of hydrogen-bond donors (Lipinski definition) is 0. The van der Waals surface area contributed by atoms with Crippen LogP contribution < -0.4 is 5.11 Å². The number of benzene rings is 1. The van der Waals surface area contributed by atoms with Crippen LogP contribution in [-0.4, -0.2) is 37.7 Å². The zero-order valence-electron chi connectivity index (χ0n) is 5.08. The molecule has 0 amide bonds. The van der Waals surface area contributed by atoms with Gasteiger partial charge in [-0.15, -0.1) is 5.75 Å². The van der Waals surface area contributed by atoms with Gasteiger partial charge < -0.3 is 11.3 Å². The molecular weight excluding hydrogens is 142 g/mol. The van der Waals surface area contributed by atoms with Gasteiger partial charge in [0.1, 0.15) is 0 Å². The van der Waals surface area contributed by atoms with Crippen LogP contribution in [0.2, 0.25) is 0 Å². The molecule has 0 saturated carbocycles. The van der Waals surface area contributed by atoms with Gasteiger partial charge in [-0.3, -0.25) is 0 Å². The second kappa shape index (κ2) is 6.36. The minimum Gasteiger partial charge on any atom is -0.872 e. The SMILES string of the molecule is [Ca+2].[NH2-].[O-]c1ccccc1. The molecule has 1 aromatic carbocycles.